The Balaban J connectivity index is 0.000000145. The second-order valence-corrected chi connectivity index (χ2v) is 32.7. The SMILES string of the molecule is O=S1(=O)c2ccccc2-c2cccc(-c3cccc(-n4c5ccccc5c5cc(-c6ccc(-c7nc(-c8ccccc8)nc(-c8ccccc8)n7)cc6)ccc54)c3)c21.O=S1(=O)c2ccccc2-c2cccc(-c3cccc(-n4c5ccccc5c5cc(-c6cccc(-c7nc(-c8ccccc8)cc(-c8ccccc8)n7)c6)ccc54)c3)c21. The van der Waals surface area contributed by atoms with Crippen LogP contribution in [0.2, 0.25) is 0 Å². The van der Waals surface area contributed by atoms with Crippen LogP contribution in [-0.2, 0) is 19.7 Å². The van der Waals surface area contributed by atoms with Gasteiger partial charge in [-0.3, -0.25) is 0 Å². The fraction of sp³-hybridized carbons (Fsp3) is 0. The highest BCUT2D eigenvalue weighted by atomic mass is 32.2. The molecule has 0 N–H and O–H groups in total. The van der Waals surface area contributed by atoms with E-state index in [2.05, 4.69) is 197 Å². The average molecular weight is 1530 g/mol. The van der Waals surface area contributed by atoms with E-state index in [4.69, 9.17) is 24.9 Å². The molecule has 4 aromatic heterocycles. The molecule has 0 radical (unpaired) electrons. The summed E-state index contributed by atoms with van der Waals surface area (Å²) in [6.45, 7) is 0. The predicted octanol–water partition coefficient (Wildman–Crippen LogP) is 24.8. The Morgan fingerprint density at radius 2 is 0.500 bits per heavy atom. The lowest BCUT2D eigenvalue weighted by atomic mass is 9.98. The molecule has 6 heterocycles. The molecule has 0 spiro atoms. The Kier molecular flexibility index (Phi) is 16.7. The Labute approximate surface area is 669 Å². The minimum absolute atomic E-state index is 0.363. The van der Waals surface area contributed by atoms with Crippen LogP contribution < -0.4 is 0 Å². The molecule has 0 saturated carbocycles. The third-order valence-corrected chi connectivity index (χ3v) is 26.0. The third kappa shape index (κ3) is 11.9. The van der Waals surface area contributed by atoms with E-state index in [1.165, 1.54) is 0 Å². The molecule has 0 saturated heterocycles. The molecular weight excluding hydrogens is 1460 g/mol. The molecule has 0 bridgehead atoms. The maximum Gasteiger partial charge on any atom is 0.208 e. The molecule has 22 rings (SSSR count). The lowest BCUT2D eigenvalue weighted by Gasteiger charge is -2.13. The molecule has 0 aliphatic carbocycles. The van der Waals surface area contributed by atoms with Crippen molar-refractivity contribution in [3.8, 4) is 146 Å². The Morgan fingerprint density at radius 1 is 0.190 bits per heavy atom. The quantitative estimate of drug-likeness (QED) is 0.117. The first-order valence-electron chi connectivity index (χ1n) is 38.3. The van der Waals surface area contributed by atoms with Gasteiger partial charge in [-0.05, 0) is 118 Å². The standard InChI is InChI=1S/C52H33N3O2S.C51H32N4O2S/c56-58(57)50-27-10-8-23-43(50)44-25-13-24-41(51(44)58)38-19-12-21-40(31-38)55-48-26-9-7-22-42(48)45-32-37(28-29-49(45)55)36-18-11-20-39(30-36)52-53-46(34-14-3-1-4-15-34)33-47(54-52)35-16-5-2-6-17-35;56-58(57)47-24-10-8-20-42(47)43-22-12-21-40(48(43)58)38-17-11-18-39(31-38)55-45-23-9-7-19-41(45)44-32-37(29-30-46(44)55)33-25-27-36(28-26-33)51-53-49(34-13-3-1-4-14-34)52-50(54-51)35-15-5-2-6-16-35/h1-33H;1-32H. The molecule has 11 nitrogen and oxygen atoms in total. The number of aromatic nitrogens is 7. The monoisotopic (exact) mass is 1530 g/mol. The summed E-state index contributed by atoms with van der Waals surface area (Å²) < 4.78 is 60.2. The van der Waals surface area contributed by atoms with E-state index in [1.807, 2.05) is 182 Å². The van der Waals surface area contributed by atoms with Gasteiger partial charge in [0.25, 0.3) is 0 Å². The van der Waals surface area contributed by atoms with Gasteiger partial charge in [-0.1, -0.05) is 309 Å². The number of benzene rings is 16. The first-order valence-corrected chi connectivity index (χ1v) is 41.3. The molecule has 2 aliphatic heterocycles. The van der Waals surface area contributed by atoms with Gasteiger partial charge in [0.15, 0.2) is 23.3 Å². The van der Waals surface area contributed by atoms with E-state index in [1.54, 1.807) is 24.3 Å². The highest BCUT2D eigenvalue weighted by molar-refractivity contribution is 7.92. The second kappa shape index (κ2) is 28.1. The molecule has 13 heteroatoms. The van der Waals surface area contributed by atoms with E-state index in [9.17, 15) is 16.8 Å². The zero-order valence-electron chi connectivity index (χ0n) is 62.1. The van der Waals surface area contributed by atoms with Crippen LogP contribution in [0, 0.1) is 0 Å². The van der Waals surface area contributed by atoms with Crippen molar-refractivity contribution in [1.29, 1.82) is 0 Å². The van der Waals surface area contributed by atoms with Crippen LogP contribution in [0.25, 0.3) is 190 Å². The first-order chi connectivity index (χ1) is 57.0. The Morgan fingerprint density at radius 3 is 0.974 bits per heavy atom. The number of hydrogen-bond donors (Lipinski definition) is 0. The van der Waals surface area contributed by atoms with Crippen LogP contribution in [0.1, 0.15) is 0 Å². The van der Waals surface area contributed by atoms with Gasteiger partial charge in [-0.15, -0.1) is 0 Å². The normalized spacial score (nSPS) is 12.8. The summed E-state index contributed by atoms with van der Waals surface area (Å²) in [4.78, 5) is 26.3. The zero-order valence-corrected chi connectivity index (χ0v) is 63.7. The number of hydrogen-bond acceptors (Lipinski definition) is 9. The summed E-state index contributed by atoms with van der Waals surface area (Å²) in [6.07, 6.45) is 0. The lowest BCUT2D eigenvalue weighted by molar-refractivity contribution is 0.597. The van der Waals surface area contributed by atoms with Crippen molar-refractivity contribution >= 4 is 63.3 Å². The molecular formula is C103H65N7O4S2. The van der Waals surface area contributed by atoms with Gasteiger partial charge < -0.3 is 9.13 Å². The maximum absolute atomic E-state index is 13.9. The van der Waals surface area contributed by atoms with Crippen LogP contribution in [0.5, 0.6) is 0 Å². The van der Waals surface area contributed by atoms with E-state index in [0.29, 0.717) is 54.0 Å². The van der Waals surface area contributed by atoms with Crippen molar-refractivity contribution in [2.45, 2.75) is 19.6 Å². The smallest absolute Gasteiger partial charge is 0.208 e. The summed E-state index contributed by atoms with van der Waals surface area (Å²) in [7, 11) is -7.35. The van der Waals surface area contributed by atoms with Crippen molar-refractivity contribution in [3.63, 3.8) is 0 Å². The number of sulfone groups is 2. The Bertz CT molecular complexity index is 7490. The van der Waals surface area contributed by atoms with Crippen molar-refractivity contribution in [2.75, 3.05) is 0 Å². The molecule has 16 aromatic carbocycles. The Hall–Kier alpha value is -14.9. The zero-order chi connectivity index (χ0) is 77.6. The molecule has 0 fully saturated rings. The van der Waals surface area contributed by atoms with Gasteiger partial charge in [0.2, 0.25) is 19.7 Å². The summed E-state index contributed by atoms with van der Waals surface area (Å²) in [5, 5.41) is 4.51. The van der Waals surface area contributed by atoms with Crippen LogP contribution in [0.15, 0.2) is 414 Å². The van der Waals surface area contributed by atoms with Crippen molar-refractivity contribution in [2.24, 2.45) is 0 Å². The van der Waals surface area contributed by atoms with E-state index < -0.39 is 19.7 Å². The molecule has 0 atom stereocenters. The fourth-order valence-electron chi connectivity index (χ4n) is 16.8. The fourth-order valence-corrected chi connectivity index (χ4v) is 20.5. The maximum atomic E-state index is 13.9. The van der Waals surface area contributed by atoms with Gasteiger partial charge in [0.1, 0.15) is 0 Å². The van der Waals surface area contributed by atoms with Crippen LogP contribution in [0.4, 0.5) is 0 Å². The molecule has 2 aliphatic rings. The molecule has 548 valence electrons. The highest BCUT2D eigenvalue weighted by Crippen LogP contribution is 2.50. The summed E-state index contributed by atoms with van der Waals surface area (Å²) in [6, 6.07) is 132. The van der Waals surface area contributed by atoms with Gasteiger partial charge in [-0.2, -0.15) is 0 Å². The van der Waals surface area contributed by atoms with E-state index in [0.717, 1.165) is 155 Å². The first kappa shape index (κ1) is 69.1. The number of rotatable bonds is 12. The topological polar surface area (TPSA) is 143 Å². The minimum atomic E-state index is -3.68. The highest BCUT2D eigenvalue weighted by Gasteiger charge is 2.37. The van der Waals surface area contributed by atoms with Gasteiger partial charge in [-0.25, -0.2) is 41.8 Å². The molecule has 0 unspecified atom stereocenters. The van der Waals surface area contributed by atoms with Gasteiger partial charge >= 0.3 is 0 Å². The van der Waals surface area contributed by atoms with Gasteiger partial charge in [0.05, 0.1) is 53.0 Å². The third-order valence-electron chi connectivity index (χ3n) is 22.2. The summed E-state index contributed by atoms with van der Waals surface area (Å²) >= 11 is 0. The van der Waals surface area contributed by atoms with Crippen LogP contribution in [-0.4, -0.2) is 50.9 Å². The second-order valence-electron chi connectivity index (χ2n) is 29.0. The van der Waals surface area contributed by atoms with Gasteiger partial charge in [0, 0.05) is 99.7 Å². The number of para-hydroxylation sites is 2. The van der Waals surface area contributed by atoms with Crippen molar-refractivity contribution in [1.82, 2.24) is 34.1 Å². The van der Waals surface area contributed by atoms with Crippen molar-refractivity contribution in [3.05, 3.63) is 394 Å². The van der Waals surface area contributed by atoms with Crippen molar-refractivity contribution < 1.29 is 16.8 Å². The van der Waals surface area contributed by atoms with Crippen LogP contribution >= 0.6 is 0 Å². The molecule has 20 aromatic rings. The lowest BCUT2D eigenvalue weighted by Crippen LogP contribution is -2.00. The molecule has 116 heavy (non-hydrogen) atoms. The predicted molar refractivity (Wildman–Crippen MR) is 467 cm³/mol. The molecule has 0 amide bonds. The number of nitrogens with zero attached hydrogens (tertiary/aromatic N) is 7. The average Bonchev–Trinajstić information content (AvgIpc) is 1.57. The minimum Gasteiger partial charge on any atom is -0.309 e. The summed E-state index contributed by atoms with van der Waals surface area (Å²) in [5.41, 5.74) is 24.1. The van der Waals surface area contributed by atoms with E-state index >= 15 is 0 Å². The largest absolute Gasteiger partial charge is 0.309 e. The van der Waals surface area contributed by atoms with Crippen LogP contribution in [0.3, 0.4) is 0 Å². The number of fused-ring (bicyclic) bond motifs is 12. The summed E-state index contributed by atoms with van der Waals surface area (Å²) in [5.74, 6) is 2.54. The van der Waals surface area contributed by atoms with E-state index in [-0.39, 0.29) is 0 Å².